The topological polar surface area (TPSA) is 74.2 Å². The summed E-state index contributed by atoms with van der Waals surface area (Å²) < 4.78 is 5.37. The van der Waals surface area contributed by atoms with Gasteiger partial charge in [-0.1, -0.05) is 24.3 Å². The summed E-state index contributed by atoms with van der Waals surface area (Å²) in [5, 5.41) is 17.1. The van der Waals surface area contributed by atoms with E-state index in [0.717, 1.165) is 42.0 Å². The number of hydrazone groups is 1. The second-order valence-corrected chi connectivity index (χ2v) is 7.28. The lowest BCUT2D eigenvalue weighted by molar-refractivity contribution is 0.0952. The predicted molar refractivity (Wildman–Crippen MR) is 108 cm³/mol. The summed E-state index contributed by atoms with van der Waals surface area (Å²) in [6.45, 7) is 3.25. The number of anilines is 1. The van der Waals surface area contributed by atoms with Crippen LogP contribution in [0, 0.1) is 0 Å². The molecule has 6 nitrogen and oxygen atoms in total. The lowest BCUT2D eigenvalue weighted by Crippen LogP contribution is -2.35. The number of thiophene rings is 1. The van der Waals surface area contributed by atoms with Crippen molar-refractivity contribution in [3.8, 4) is 5.75 Å². The van der Waals surface area contributed by atoms with Crippen molar-refractivity contribution in [1.29, 1.82) is 0 Å². The zero-order valence-electron chi connectivity index (χ0n) is 14.6. The number of carbonyl (C=O) groups excluding carboxylic acids is 1. The zero-order valence-corrected chi connectivity index (χ0v) is 15.4. The van der Waals surface area contributed by atoms with Gasteiger partial charge in [0.15, 0.2) is 0 Å². The van der Waals surface area contributed by atoms with Crippen molar-refractivity contribution in [2.24, 2.45) is 5.10 Å². The Morgan fingerprint density at radius 1 is 1.15 bits per heavy atom. The van der Waals surface area contributed by atoms with Crippen LogP contribution >= 0.6 is 11.3 Å². The predicted octanol–water partition coefficient (Wildman–Crippen LogP) is 3.21. The summed E-state index contributed by atoms with van der Waals surface area (Å²) in [5.41, 5.74) is 2.69. The van der Waals surface area contributed by atoms with E-state index in [1.807, 2.05) is 36.4 Å². The van der Waals surface area contributed by atoms with Crippen molar-refractivity contribution in [3.63, 3.8) is 0 Å². The van der Waals surface area contributed by atoms with Crippen LogP contribution in [-0.2, 0) is 4.74 Å². The molecule has 0 radical (unpaired) electrons. The number of nitrogens with one attached hydrogen (secondary N) is 1. The molecule has 0 spiro atoms. The second kappa shape index (κ2) is 7.77. The Morgan fingerprint density at radius 2 is 1.89 bits per heavy atom. The van der Waals surface area contributed by atoms with Crippen molar-refractivity contribution in [1.82, 2.24) is 5.43 Å². The van der Waals surface area contributed by atoms with Gasteiger partial charge in [-0.2, -0.15) is 5.10 Å². The van der Waals surface area contributed by atoms with Gasteiger partial charge in [-0.3, -0.25) is 4.79 Å². The Kier molecular flexibility index (Phi) is 5.04. The van der Waals surface area contributed by atoms with Gasteiger partial charge >= 0.3 is 0 Å². The molecular weight excluding hydrogens is 362 g/mol. The van der Waals surface area contributed by atoms with Crippen LogP contribution in [0.25, 0.3) is 10.8 Å². The van der Waals surface area contributed by atoms with E-state index in [1.165, 1.54) is 5.00 Å². The molecule has 4 rings (SSSR count). The number of ether oxygens (including phenoxy) is 1. The Hall–Kier alpha value is -2.90. The molecule has 0 unspecified atom stereocenters. The number of morpholine rings is 1. The molecule has 27 heavy (non-hydrogen) atoms. The van der Waals surface area contributed by atoms with E-state index < -0.39 is 5.91 Å². The Balaban J connectivity index is 1.43. The monoisotopic (exact) mass is 381 g/mol. The number of benzene rings is 2. The second-order valence-electron chi connectivity index (χ2n) is 6.19. The zero-order chi connectivity index (χ0) is 18.6. The Morgan fingerprint density at radius 3 is 2.67 bits per heavy atom. The molecule has 2 N–H and O–H groups in total. The highest BCUT2D eigenvalue weighted by atomic mass is 32.1. The van der Waals surface area contributed by atoms with Crippen molar-refractivity contribution < 1.29 is 14.6 Å². The highest BCUT2D eigenvalue weighted by Crippen LogP contribution is 2.26. The average molecular weight is 381 g/mol. The molecule has 1 fully saturated rings. The molecule has 1 aliphatic heterocycles. The summed E-state index contributed by atoms with van der Waals surface area (Å²) in [5.74, 6) is -0.508. The number of nitrogens with zero attached hydrogens (tertiary/aromatic N) is 2. The number of hydrogen-bond acceptors (Lipinski definition) is 6. The Labute approximate surface area is 160 Å². The lowest BCUT2D eigenvalue weighted by atomic mass is 10.1. The quantitative estimate of drug-likeness (QED) is 0.538. The van der Waals surface area contributed by atoms with E-state index in [9.17, 15) is 9.90 Å². The molecule has 0 bridgehead atoms. The fourth-order valence-corrected chi connectivity index (χ4v) is 3.92. The van der Waals surface area contributed by atoms with E-state index in [1.54, 1.807) is 29.7 Å². The molecule has 3 aromatic rings. The number of carbonyl (C=O) groups is 1. The number of phenolic OH excluding ortho intramolecular Hbond substituents is 1. The van der Waals surface area contributed by atoms with Crippen LogP contribution in [0.5, 0.6) is 5.75 Å². The molecule has 1 aliphatic rings. The number of fused-ring (bicyclic) bond motifs is 1. The van der Waals surface area contributed by atoms with Crippen LogP contribution in [0.15, 0.2) is 53.6 Å². The molecule has 1 aromatic heterocycles. The third-order valence-electron chi connectivity index (χ3n) is 4.40. The van der Waals surface area contributed by atoms with Crippen LogP contribution in [-0.4, -0.2) is 43.5 Å². The molecule has 138 valence electrons. The molecule has 0 saturated carbocycles. The lowest BCUT2D eigenvalue weighted by Gasteiger charge is -2.27. The van der Waals surface area contributed by atoms with E-state index >= 15 is 0 Å². The first-order chi connectivity index (χ1) is 13.2. The molecule has 0 atom stereocenters. The van der Waals surface area contributed by atoms with Gasteiger partial charge in [0, 0.05) is 18.0 Å². The van der Waals surface area contributed by atoms with Crippen LogP contribution in [0.4, 0.5) is 5.00 Å². The summed E-state index contributed by atoms with van der Waals surface area (Å²) in [6, 6.07) is 14.8. The van der Waals surface area contributed by atoms with Crippen molar-refractivity contribution >= 4 is 39.2 Å². The normalized spacial score (nSPS) is 14.7. The fourth-order valence-electron chi connectivity index (χ4n) is 2.99. The number of rotatable bonds is 4. The van der Waals surface area contributed by atoms with Gasteiger partial charge in [-0.15, -0.1) is 11.3 Å². The molecule has 2 heterocycles. The molecule has 1 saturated heterocycles. The van der Waals surface area contributed by atoms with Gasteiger partial charge in [0.05, 0.1) is 30.0 Å². The van der Waals surface area contributed by atoms with Crippen molar-refractivity contribution in [2.45, 2.75) is 0 Å². The summed E-state index contributed by atoms with van der Waals surface area (Å²) in [6.07, 6.45) is 1.62. The molecular formula is C20H19N3O3S. The van der Waals surface area contributed by atoms with Crippen LogP contribution in [0.3, 0.4) is 0 Å². The van der Waals surface area contributed by atoms with Gasteiger partial charge < -0.3 is 14.7 Å². The summed E-state index contributed by atoms with van der Waals surface area (Å²) >= 11 is 1.61. The first kappa shape index (κ1) is 17.5. The van der Waals surface area contributed by atoms with Gasteiger partial charge in [-0.25, -0.2) is 5.43 Å². The average Bonchev–Trinajstić information content (AvgIpc) is 3.17. The first-order valence-corrected chi connectivity index (χ1v) is 9.50. The van der Waals surface area contributed by atoms with Gasteiger partial charge in [0.25, 0.3) is 5.91 Å². The van der Waals surface area contributed by atoms with Gasteiger partial charge in [-0.05, 0) is 35.0 Å². The maximum absolute atomic E-state index is 12.3. The highest BCUT2D eigenvalue weighted by molar-refractivity contribution is 7.17. The highest BCUT2D eigenvalue weighted by Gasteiger charge is 2.13. The first-order valence-electron chi connectivity index (χ1n) is 8.68. The van der Waals surface area contributed by atoms with Crippen molar-refractivity contribution in [2.75, 3.05) is 31.2 Å². The number of aromatic hydroxyl groups is 1. The maximum Gasteiger partial charge on any atom is 0.275 e. The smallest absolute Gasteiger partial charge is 0.275 e. The van der Waals surface area contributed by atoms with Crippen molar-refractivity contribution in [3.05, 3.63) is 59.0 Å². The molecule has 0 aliphatic carbocycles. The summed E-state index contributed by atoms with van der Waals surface area (Å²) in [7, 11) is 0. The van der Waals surface area contributed by atoms with E-state index in [4.69, 9.17) is 4.74 Å². The molecule has 7 heteroatoms. The van der Waals surface area contributed by atoms with Gasteiger partial charge in [0.1, 0.15) is 5.75 Å². The van der Waals surface area contributed by atoms with Gasteiger partial charge in [0.2, 0.25) is 0 Å². The minimum Gasteiger partial charge on any atom is -0.507 e. The number of phenols is 1. The third kappa shape index (κ3) is 3.94. The van der Waals surface area contributed by atoms with Crippen LogP contribution < -0.4 is 10.3 Å². The Bertz CT molecular complexity index is 993. The maximum atomic E-state index is 12.3. The number of amides is 1. The van der Waals surface area contributed by atoms with Crippen LogP contribution in [0.2, 0.25) is 0 Å². The number of hydrogen-bond donors (Lipinski definition) is 2. The van der Waals surface area contributed by atoms with E-state index in [2.05, 4.69) is 15.4 Å². The fraction of sp³-hybridized carbons (Fsp3) is 0.200. The van der Waals surface area contributed by atoms with Crippen LogP contribution in [0.1, 0.15) is 15.2 Å². The summed E-state index contributed by atoms with van der Waals surface area (Å²) in [4.78, 5) is 15.6. The molecule has 2 aromatic carbocycles. The van der Waals surface area contributed by atoms with E-state index in [-0.39, 0.29) is 11.3 Å². The van der Waals surface area contributed by atoms with E-state index in [0.29, 0.717) is 0 Å². The minimum absolute atomic E-state index is 0.0628. The minimum atomic E-state index is -0.445. The SMILES string of the molecule is O=C(N/N=C/c1ccc(N2CCOCC2)s1)c1cc2ccccc2cc1O. The molecule has 1 amide bonds. The third-order valence-corrected chi connectivity index (χ3v) is 5.48. The largest absolute Gasteiger partial charge is 0.507 e. The standard InChI is InChI=1S/C20H19N3O3S/c24-18-12-15-4-2-1-3-14(15)11-17(18)20(25)22-21-13-16-5-6-19(27-16)23-7-9-26-10-8-23/h1-6,11-13,24H,7-10H2,(H,22,25)/b21-13+.